The lowest BCUT2D eigenvalue weighted by atomic mass is 10.2. The number of furan rings is 1. The maximum absolute atomic E-state index is 12.5. The van der Waals surface area contributed by atoms with Gasteiger partial charge >= 0.3 is 0 Å². The Bertz CT molecular complexity index is 685. The highest BCUT2D eigenvalue weighted by Gasteiger charge is 2.31. The normalized spacial score (nSPS) is 20.3. The number of carbonyl (C=O) groups excluding carboxylic acids is 1. The van der Waals surface area contributed by atoms with Crippen molar-refractivity contribution >= 4 is 5.91 Å². The fourth-order valence-corrected chi connectivity index (χ4v) is 3.06. The molecule has 7 heteroatoms. The Morgan fingerprint density at radius 1 is 1.33 bits per heavy atom. The number of aromatic nitrogens is 1. The molecule has 2 aliphatic rings. The summed E-state index contributed by atoms with van der Waals surface area (Å²) in [4.78, 5) is 16.4. The van der Waals surface area contributed by atoms with Crippen LogP contribution in [0.2, 0.25) is 0 Å². The maximum Gasteiger partial charge on any atom is 0.276 e. The van der Waals surface area contributed by atoms with Gasteiger partial charge in [0.2, 0.25) is 0 Å². The molecule has 7 nitrogen and oxygen atoms in total. The van der Waals surface area contributed by atoms with Crippen LogP contribution in [0.3, 0.4) is 0 Å². The first-order valence-electron chi connectivity index (χ1n) is 8.40. The van der Waals surface area contributed by atoms with Gasteiger partial charge < -0.3 is 18.9 Å². The van der Waals surface area contributed by atoms with Crippen molar-refractivity contribution in [1.29, 1.82) is 0 Å². The lowest BCUT2D eigenvalue weighted by Crippen LogP contribution is -2.49. The number of aliphatic hydroxyl groups is 1. The predicted molar refractivity (Wildman–Crippen MR) is 84.5 cm³/mol. The van der Waals surface area contributed by atoms with Gasteiger partial charge in [0.25, 0.3) is 5.91 Å². The second-order valence-corrected chi connectivity index (χ2v) is 6.51. The van der Waals surface area contributed by atoms with E-state index in [1.807, 2.05) is 0 Å². The largest absolute Gasteiger partial charge is 0.467 e. The van der Waals surface area contributed by atoms with Crippen molar-refractivity contribution < 1.29 is 18.8 Å². The molecule has 24 heavy (non-hydrogen) atoms. The van der Waals surface area contributed by atoms with Crippen molar-refractivity contribution in [3.63, 3.8) is 0 Å². The zero-order valence-electron chi connectivity index (χ0n) is 13.4. The van der Waals surface area contributed by atoms with E-state index in [0.717, 1.165) is 31.7 Å². The van der Waals surface area contributed by atoms with Crippen molar-refractivity contribution in [2.75, 3.05) is 32.7 Å². The highest BCUT2D eigenvalue weighted by Crippen LogP contribution is 2.40. The van der Waals surface area contributed by atoms with Gasteiger partial charge in [-0.1, -0.05) is 5.16 Å². The molecule has 1 saturated heterocycles. The van der Waals surface area contributed by atoms with Crippen LogP contribution in [0.4, 0.5) is 0 Å². The van der Waals surface area contributed by atoms with Crippen LogP contribution in [-0.2, 0) is 0 Å². The molecular formula is C17H21N3O4. The highest BCUT2D eigenvalue weighted by atomic mass is 16.5. The van der Waals surface area contributed by atoms with E-state index in [4.69, 9.17) is 8.94 Å². The lowest BCUT2D eigenvalue weighted by Gasteiger charge is -2.34. The summed E-state index contributed by atoms with van der Waals surface area (Å²) in [6, 6.07) is 5.32. The third kappa shape index (κ3) is 3.22. The Morgan fingerprint density at radius 2 is 2.12 bits per heavy atom. The zero-order valence-corrected chi connectivity index (χ0v) is 13.4. The summed E-state index contributed by atoms with van der Waals surface area (Å²) in [5.41, 5.74) is 0.404. The van der Waals surface area contributed by atoms with Gasteiger partial charge in [-0.25, -0.2) is 0 Å². The number of carbonyl (C=O) groups is 1. The molecule has 1 saturated carbocycles. The van der Waals surface area contributed by atoms with E-state index in [1.54, 1.807) is 29.4 Å². The second-order valence-electron chi connectivity index (χ2n) is 6.51. The maximum atomic E-state index is 12.5. The van der Waals surface area contributed by atoms with Gasteiger partial charge in [-0.3, -0.25) is 9.69 Å². The number of hydrogen-bond donors (Lipinski definition) is 1. The van der Waals surface area contributed by atoms with Crippen LogP contribution in [0.15, 0.2) is 33.4 Å². The Morgan fingerprint density at radius 3 is 2.79 bits per heavy atom. The topological polar surface area (TPSA) is 83.0 Å². The van der Waals surface area contributed by atoms with E-state index in [1.165, 1.54) is 0 Å². The minimum atomic E-state index is -0.640. The molecule has 1 N–H and O–H groups in total. The number of piperazine rings is 1. The predicted octanol–water partition coefficient (Wildman–Crippen LogP) is 1.64. The van der Waals surface area contributed by atoms with Crippen molar-refractivity contribution in [1.82, 2.24) is 15.0 Å². The molecule has 0 unspecified atom stereocenters. The van der Waals surface area contributed by atoms with Crippen LogP contribution in [0, 0.1) is 0 Å². The van der Waals surface area contributed by atoms with E-state index in [9.17, 15) is 9.90 Å². The highest BCUT2D eigenvalue weighted by molar-refractivity contribution is 5.92. The molecule has 4 rings (SSSR count). The number of nitrogens with zero attached hydrogens (tertiary/aromatic N) is 3. The van der Waals surface area contributed by atoms with Gasteiger partial charge in [0.15, 0.2) is 5.69 Å². The smallest absolute Gasteiger partial charge is 0.276 e. The average molecular weight is 331 g/mol. The van der Waals surface area contributed by atoms with Crippen molar-refractivity contribution in [2.45, 2.75) is 24.9 Å². The molecule has 1 aliphatic heterocycles. The fourth-order valence-electron chi connectivity index (χ4n) is 3.06. The summed E-state index contributed by atoms with van der Waals surface area (Å²) >= 11 is 0. The number of amides is 1. The third-order valence-corrected chi connectivity index (χ3v) is 4.69. The molecule has 1 amide bonds. The Balaban J connectivity index is 1.29. The van der Waals surface area contributed by atoms with Crippen LogP contribution in [0.5, 0.6) is 0 Å². The van der Waals surface area contributed by atoms with E-state index < -0.39 is 6.10 Å². The monoisotopic (exact) mass is 331 g/mol. The lowest BCUT2D eigenvalue weighted by molar-refractivity contribution is 0.0479. The van der Waals surface area contributed by atoms with Crippen molar-refractivity contribution in [3.8, 4) is 0 Å². The van der Waals surface area contributed by atoms with E-state index >= 15 is 0 Å². The van der Waals surface area contributed by atoms with Gasteiger partial charge in [-0.05, 0) is 25.0 Å². The molecule has 0 radical (unpaired) electrons. The van der Waals surface area contributed by atoms with Crippen molar-refractivity contribution in [3.05, 3.63) is 41.7 Å². The standard InChI is InChI=1S/C17H21N3O4/c21-14(15-2-1-9-23-15)11-19-5-7-20(8-6-19)17(22)13-10-16(24-18-13)12-3-4-12/h1-2,9-10,12,14,21H,3-8,11H2/t14-/m1/s1. The van der Waals surface area contributed by atoms with Gasteiger partial charge in [0, 0.05) is 44.7 Å². The van der Waals surface area contributed by atoms with Crippen LogP contribution in [-0.4, -0.2) is 58.7 Å². The molecule has 3 heterocycles. The molecule has 0 aromatic carbocycles. The minimum Gasteiger partial charge on any atom is -0.467 e. The number of hydrogen-bond acceptors (Lipinski definition) is 6. The summed E-state index contributed by atoms with van der Waals surface area (Å²) in [7, 11) is 0. The Hall–Kier alpha value is -2.12. The van der Waals surface area contributed by atoms with E-state index in [0.29, 0.717) is 37.0 Å². The molecule has 2 fully saturated rings. The summed E-state index contributed by atoms with van der Waals surface area (Å²) in [5, 5.41) is 14.1. The molecule has 2 aromatic heterocycles. The molecule has 128 valence electrons. The van der Waals surface area contributed by atoms with E-state index in [2.05, 4.69) is 10.1 Å². The molecule has 1 atom stereocenters. The molecule has 1 aliphatic carbocycles. The van der Waals surface area contributed by atoms with Gasteiger partial charge in [-0.2, -0.15) is 0 Å². The Labute approximate surface area is 139 Å². The minimum absolute atomic E-state index is 0.0723. The van der Waals surface area contributed by atoms with Gasteiger partial charge in [0.1, 0.15) is 17.6 Å². The second kappa shape index (κ2) is 6.41. The first-order chi connectivity index (χ1) is 11.7. The number of rotatable bonds is 5. The van der Waals surface area contributed by atoms with Crippen LogP contribution in [0.25, 0.3) is 0 Å². The molecule has 2 aromatic rings. The van der Waals surface area contributed by atoms with E-state index in [-0.39, 0.29) is 5.91 Å². The van der Waals surface area contributed by atoms with Gasteiger partial charge in [0.05, 0.1) is 6.26 Å². The van der Waals surface area contributed by atoms with Crippen LogP contribution < -0.4 is 0 Å². The van der Waals surface area contributed by atoms with Gasteiger partial charge in [-0.15, -0.1) is 0 Å². The number of aliphatic hydroxyl groups excluding tert-OH is 1. The first kappa shape index (κ1) is 15.4. The third-order valence-electron chi connectivity index (χ3n) is 4.69. The molecule has 0 bridgehead atoms. The summed E-state index contributed by atoms with van der Waals surface area (Å²) in [5.74, 6) is 1.79. The van der Waals surface area contributed by atoms with Crippen LogP contribution in [0.1, 0.15) is 46.9 Å². The first-order valence-corrected chi connectivity index (χ1v) is 8.40. The summed E-state index contributed by atoms with van der Waals surface area (Å²) < 4.78 is 10.5. The molecular weight excluding hydrogens is 310 g/mol. The SMILES string of the molecule is O=C(c1cc(C2CC2)on1)N1CCN(C[C@@H](O)c2ccco2)CC1. The van der Waals surface area contributed by atoms with Crippen molar-refractivity contribution in [2.24, 2.45) is 0 Å². The van der Waals surface area contributed by atoms with Crippen LogP contribution >= 0.6 is 0 Å². The average Bonchev–Trinajstić information content (AvgIpc) is 3.12. The quantitative estimate of drug-likeness (QED) is 0.897. The molecule has 0 spiro atoms. The summed E-state index contributed by atoms with van der Waals surface area (Å²) in [6.07, 6.45) is 3.17. The Kier molecular flexibility index (Phi) is 4.12. The fraction of sp³-hybridized carbons (Fsp3) is 0.529. The summed E-state index contributed by atoms with van der Waals surface area (Å²) in [6.45, 7) is 3.18. The zero-order chi connectivity index (χ0) is 16.5. The number of β-amino-alcohol motifs (C(OH)–C–C–N with tert-alkyl or cyclic N) is 1.